The highest BCUT2D eigenvalue weighted by molar-refractivity contribution is 5.92. The Balaban J connectivity index is 2.63. The fourth-order valence-electron chi connectivity index (χ4n) is 2.16. The number of imidazole rings is 1. The molecular formula is C16H24N6O7. The number of carbonyl (C=O) groups excluding carboxylic acids is 3. The molecule has 0 bridgehead atoms. The van der Waals surface area contributed by atoms with Crippen LogP contribution in [0.1, 0.15) is 25.5 Å². The fraction of sp³-hybridized carbons (Fsp3) is 0.500. The van der Waals surface area contributed by atoms with Crippen LogP contribution in [0.15, 0.2) is 12.5 Å². The number of amides is 3. The largest absolute Gasteiger partial charge is 0.481 e. The van der Waals surface area contributed by atoms with Crippen LogP contribution in [-0.4, -0.2) is 74.5 Å². The second-order valence-electron chi connectivity index (χ2n) is 6.23. The molecule has 1 heterocycles. The van der Waals surface area contributed by atoms with Crippen LogP contribution in [0.5, 0.6) is 0 Å². The van der Waals surface area contributed by atoms with Crippen molar-refractivity contribution in [3.8, 4) is 0 Å². The number of carbonyl (C=O) groups is 5. The van der Waals surface area contributed by atoms with Gasteiger partial charge in [-0.3, -0.25) is 24.0 Å². The second-order valence-corrected chi connectivity index (χ2v) is 6.23. The van der Waals surface area contributed by atoms with Gasteiger partial charge in [-0.15, -0.1) is 0 Å². The molecule has 0 aliphatic heterocycles. The van der Waals surface area contributed by atoms with Crippen molar-refractivity contribution in [2.75, 3.05) is 6.54 Å². The lowest BCUT2D eigenvalue weighted by Crippen LogP contribution is -2.54. The van der Waals surface area contributed by atoms with Gasteiger partial charge in [-0.05, 0) is 13.3 Å². The number of nitrogens with one attached hydrogen (secondary N) is 4. The van der Waals surface area contributed by atoms with Gasteiger partial charge < -0.3 is 36.9 Å². The first-order chi connectivity index (χ1) is 13.6. The molecule has 1 rings (SSSR count). The van der Waals surface area contributed by atoms with Gasteiger partial charge in [0.05, 0.1) is 18.9 Å². The molecule has 0 saturated carbocycles. The molecule has 13 nitrogen and oxygen atoms in total. The Labute approximate surface area is 165 Å². The van der Waals surface area contributed by atoms with E-state index in [0.29, 0.717) is 5.69 Å². The maximum Gasteiger partial charge on any atom is 0.325 e. The van der Waals surface area contributed by atoms with Gasteiger partial charge in [-0.1, -0.05) is 0 Å². The molecule has 29 heavy (non-hydrogen) atoms. The fourth-order valence-corrected chi connectivity index (χ4v) is 2.16. The van der Waals surface area contributed by atoms with E-state index in [0.717, 1.165) is 0 Å². The molecule has 0 radical (unpaired) electrons. The Kier molecular flexibility index (Phi) is 9.25. The number of aromatic nitrogens is 2. The second kappa shape index (κ2) is 11.4. The summed E-state index contributed by atoms with van der Waals surface area (Å²) in [5.74, 6) is -4.50. The highest BCUT2D eigenvalue weighted by Crippen LogP contribution is 2.00. The third-order valence-electron chi connectivity index (χ3n) is 3.79. The van der Waals surface area contributed by atoms with E-state index in [-0.39, 0.29) is 19.3 Å². The quantitative estimate of drug-likeness (QED) is 0.190. The molecular weight excluding hydrogens is 388 g/mol. The van der Waals surface area contributed by atoms with E-state index >= 15 is 0 Å². The SMILES string of the molecule is CC(NC(=O)C(Cc1cnc[nH]1)NC(=O)CNC(=O)C(N)CCC(=O)O)C(=O)O. The average molecular weight is 412 g/mol. The van der Waals surface area contributed by atoms with E-state index in [1.807, 2.05) is 0 Å². The smallest absolute Gasteiger partial charge is 0.325 e. The molecule has 0 fully saturated rings. The molecule has 0 aliphatic carbocycles. The zero-order valence-electron chi connectivity index (χ0n) is 15.7. The monoisotopic (exact) mass is 412 g/mol. The maximum absolute atomic E-state index is 12.3. The number of nitrogens with zero attached hydrogens (tertiary/aromatic N) is 1. The molecule has 3 amide bonds. The molecule has 0 aromatic carbocycles. The maximum atomic E-state index is 12.3. The zero-order valence-corrected chi connectivity index (χ0v) is 15.7. The number of nitrogens with two attached hydrogens (primary N) is 1. The molecule has 0 spiro atoms. The molecule has 1 aromatic rings. The van der Waals surface area contributed by atoms with E-state index < -0.39 is 54.3 Å². The summed E-state index contributed by atoms with van der Waals surface area (Å²) < 4.78 is 0. The summed E-state index contributed by atoms with van der Waals surface area (Å²) in [5, 5.41) is 24.4. The summed E-state index contributed by atoms with van der Waals surface area (Å²) in [4.78, 5) is 64.2. The predicted octanol–water partition coefficient (Wildman–Crippen LogP) is -2.67. The first kappa shape index (κ1) is 23.6. The number of carboxylic acids is 2. The average Bonchev–Trinajstić information content (AvgIpc) is 3.16. The summed E-state index contributed by atoms with van der Waals surface area (Å²) in [5.41, 5.74) is 6.06. The van der Waals surface area contributed by atoms with Crippen molar-refractivity contribution in [3.63, 3.8) is 0 Å². The minimum Gasteiger partial charge on any atom is -0.481 e. The molecule has 160 valence electrons. The van der Waals surface area contributed by atoms with Crippen LogP contribution in [0, 0.1) is 0 Å². The minimum absolute atomic E-state index is 0.00991. The van der Waals surface area contributed by atoms with Crippen molar-refractivity contribution in [1.82, 2.24) is 25.9 Å². The van der Waals surface area contributed by atoms with E-state index in [2.05, 4.69) is 25.9 Å². The summed E-state index contributed by atoms with van der Waals surface area (Å²) in [6, 6.07) is -3.39. The molecule has 3 unspecified atom stereocenters. The van der Waals surface area contributed by atoms with Crippen molar-refractivity contribution >= 4 is 29.7 Å². The van der Waals surface area contributed by atoms with E-state index in [1.165, 1.54) is 19.4 Å². The van der Waals surface area contributed by atoms with Gasteiger partial charge in [0, 0.05) is 24.7 Å². The van der Waals surface area contributed by atoms with E-state index in [9.17, 15) is 24.0 Å². The number of carboxylic acid groups (broad SMARTS) is 2. The van der Waals surface area contributed by atoms with Gasteiger partial charge in [0.2, 0.25) is 17.7 Å². The summed E-state index contributed by atoms with van der Waals surface area (Å²) in [6.07, 6.45) is 2.44. The predicted molar refractivity (Wildman–Crippen MR) is 97.3 cm³/mol. The summed E-state index contributed by atoms with van der Waals surface area (Å²) in [6.45, 7) is 0.773. The molecule has 3 atom stereocenters. The normalized spacial score (nSPS) is 13.6. The molecule has 0 aliphatic rings. The lowest BCUT2D eigenvalue weighted by atomic mass is 10.1. The number of rotatable bonds is 12. The van der Waals surface area contributed by atoms with E-state index in [1.54, 1.807) is 0 Å². The first-order valence-electron chi connectivity index (χ1n) is 8.65. The molecule has 13 heteroatoms. The minimum atomic E-state index is -1.24. The van der Waals surface area contributed by atoms with Crippen LogP contribution < -0.4 is 21.7 Å². The Morgan fingerprint density at radius 1 is 1.17 bits per heavy atom. The van der Waals surface area contributed by atoms with Crippen LogP contribution >= 0.6 is 0 Å². The van der Waals surface area contributed by atoms with Gasteiger partial charge in [-0.2, -0.15) is 0 Å². The van der Waals surface area contributed by atoms with Crippen LogP contribution in [0.3, 0.4) is 0 Å². The topological polar surface area (TPSA) is 217 Å². The molecule has 8 N–H and O–H groups in total. The van der Waals surface area contributed by atoms with Gasteiger partial charge in [0.15, 0.2) is 0 Å². The van der Waals surface area contributed by atoms with E-state index in [4.69, 9.17) is 15.9 Å². The highest BCUT2D eigenvalue weighted by Gasteiger charge is 2.25. The lowest BCUT2D eigenvalue weighted by Gasteiger charge is -2.20. The number of hydrogen-bond acceptors (Lipinski definition) is 7. The summed E-state index contributed by atoms with van der Waals surface area (Å²) in [7, 11) is 0. The Morgan fingerprint density at radius 2 is 1.86 bits per heavy atom. The number of H-pyrrole nitrogens is 1. The van der Waals surface area contributed by atoms with Gasteiger partial charge in [0.25, 0.3) is 0 Å². The standard InChI is InChI=1S/C16H24N6O7/c1-8(16(28)29)21-15(27)11(4-9-5-18-7-20-9)22-12(23)6-19-14(26)10(17)2-3-13(24)25/h5,7-8,10-11H,2-4,6,17H2,1H3,(H,18,20)(H,19,26)(H,21,27)(H,22,23)(H,24,25)(H,28,29). The number of aromatic amines is 1. The van der Waals surface area contributed by atoms with Crippen LogP contribution in [0.2, 0.25) is 0 Å². The summed E-state index contributed by atoms with van der Waals surface area (Å²) >= 11 is 0. The third kappa shape index (κ3) is 8.83. The van der Waals surface area contributed by atoms with Crippen LogP contribution in [0.25, 0.3) is 0 Å². The third-order valence-corrected chi connectivity index (χ3v) is 3.79. The van der Waals surface area contributed by atoms with Crippen LogP contribution in [0.4, 0.5) is 0 Å². The van der Waals surface area contributed by atoms with Gasteiger partial charge >= 0.3 is 11.9 Å². The molecule has 1 aromatic heterocycles. The first-order valence-corrected chi connectivity index (χ1v) is 8.65. The Hall–Kier alpha value is -3.48. The lowest BCUT2D eigenvalue weighted by molar-refractivity contribution is -0.141. The van der Waals surface area contributed by atoms with Crippen molar-refractivity contribution in [2.24, 2.45) is 5.73 Å². The Morgan fingerprint density at radius 3 is 2.41 bits per heavy atom. The van der Waals surface area contributed by atoms with Crippen LogP contribution in [-0.2, 0) is 30.4 Å². The van der Waals surface area contributed by atoms with Crippen molar-refractivity contribution in [3.05, 3.63) is 18.2 Å². The number of hydrogen-bond donors (Lipinski definition) is 7. The molecule has 0 saturated heterocycles. The highest BCUT2D eigenvalue weighted by atomic mass is 16.4. The van der Waals surface area contributed by atoms with Crippen molar-refractivity contribution in [1.29, 1.82) is 0 Å². The zero-order chi connectivity index (χ0) is 22.0. The van der Waals surface area contributed by atoms with Crippen molar-refractivity contribution < 1.29 is 34.2 Å². The van der Waals surface area contributed by atoms with Gasteiger partial charge in [-0.25, -0.2) is 4.98 Å². The van der Waals surface area contributed by atoms with Crippen molar-refractivity contribution in [2.45, 2.75) is 44.3 Å². The number of aliphatic carboxylic acids is 2. The van der Waals surface area contributed by atoms with Gasteiger partial charge in [0.1, 0.15) is 12.1 Å². The Bertz CT molecular complexity index is 736.